The smallest absolute Gasteiger partial charge is 0.193 e. The molecule has 3 nitrogen and oxygen atoms in total. The zero-order valence-corrected chi connectivity index (χ0v) is 10.8. The van der Waals surface area contributed by atoms with E-state index in [9.17, 15) is 5.11 Å². The Morgan fingerprint density at radius 2 is 2.12 bits per heavy atom. The third-order valence-electron chi connectivity index (χ3n) is 2.16. The molecular weight excluding hydrogens is 226 g/mol. The predicted molar refractivity (Wildman–Crippen MR) is 65.5 cm³/mol. The van der Waals surface area contributed by atoms with Crippen molar-refractivity contribution < 1.29 is 9.52 Å². The molecule has 0 aliphatic rings. The Kier molecular flexibility index (Phi) is 4.84. The van der Waals surface area contributed by atoms with Gasteiger partial charge in [0.15, 0.2) is 5.22 Å². The molecule has 1 aromatic heterocycles. The van der Waals surface area contributed by atoms with Crippen LogP contribution in [0.1, 0.15) is 33.0 Å². The van der Waals surface area contributed by atoms with Gasteiger partial charge in [-0.3, -0.25) is 0 Å². The van der Waals surface area contributed by atoms with E-state index in [2.05, 4.69) is 26.1 Å². The van der Waals surface area contributed by atoms with Crippen LogP contribution in [0.3, 0.4) is 0 Å². The van der Waals surface area contributed by atoms with Crippen molar-refractivity contribution in [2.75, 3.05) is 6.54 Å². The fourth-order valence-electron chi connectivity index (χ4n) is 1.59. The normalized spacial score (nSPS) is 14.1. The SMILES string of the molecule is CC(C)(C)CC(O)CNCc1ccc(Cl)o1. The van der Waals surface area contributed by atoms with E-state index in [0.29, 0.717) is 18.3 Å². The van der Waals surface area contributed by atoms with Gasteiger partial charge < -0.3 is 14.8 Å². The van der Waals surface area contributed by atoms with Crippen molar-refractivity contribution in [2.45, 2.75) is 39.8 Å². The van der Waals surface area contributed by atoms with E-state index in [0.717, 1.165) is 12.2 Å². The second kappa shape index (κ2) is 5.71. The fraction of sp³-hybridized carbons (Fsp3) is 0.667. The lowest BCUT2D eigenvalue weighted by Gasteiger charge is -2.22. The fourth-order valence-corrected chi connectivity index (χ4v) is 1.75. The van der Waals surface area contributed by atoms with Crippen LogP contribution in [0.4, 0.5) is 0 Å². The Bertz CT molecular complexity index is 317. The monoisotopic (exact) mass is 245 g/mol. The molecule has 1 unspecified atom stereocenters. The maximum atomic E-state index is 9.75. The largest absolute Gasteiger partial charge is 0.448 e. The van der Waals surface area contributed by atoms with Crippen LogP contribution < -0.4 is 5.32 Å². The van der Waals surface area contributed by atoms with Crippen LogP contribution in [0.2, 0.25) is 5.22 Å². The van der Waals surface area contributed by atoms with Crippen molar-refractivity contribution >= 4 is 11.6 Å². The molecule has 0 amide bonds. The van der Waals surface area contributed by atoms with Crippen molar-refractivity contribution in [1.82, 2.24) is 5.32 Å². The van der Waals surface area contributed by atoms with E-state index < -0.39 is 0 Å². The minimum atomic E-state index is -0.328. The molecule has 0 saturated heterocycles. The number of furan rings is 1. The third kappa shape index (κ3) is 5.54. The van der Waals surface area contributed by atoms with Gasteiger partial charge in [0.1, 0.15) is 5.76 Å². The zero-order valence-electron chi connectivity index (χ0n) is 10.1. The lowest BCUT2D eigenvalue weighted by Crippen LogP contribution is -2.29. The van der Waals surface area contributed by atoms with E-state index >= 15 is 0 Å². The van der Waals surface area contributed by atoms with Crippen LogP contribution >= 0.6 is 11.6 Å². The number of nitrogens with one attached hydrogen (secondary N) is 1. The Morgan fingerprint density at radius 3 is 2.62 bits per heavy atom. The Morgan fingerprint density at radius 1 is 1.44 bits per heavy atom. The highest BCUT2D eigenvalue weighted by Gasteiger charge is 2.16. The second-order valence-corrected chi connectivity index (χ2v) is 5.63. The highest BCUT2D eigenvalue weighted by atomic mass is 35.5. The topological polar surface area (TPSA) is 45.4 Å². The van der Waals surface area contributed by atoms with E-state index in [4.69, 9.17) is 16.0 Å². The Hall–Kier alpha value is -0.510. The Labute approximate surface area is 102 Å². The van der Waals surface area contributed by atoms with Crippen molar-refractivity contribution in [1.29, 1.82) is 0 Å². The summed E-state index contributed by atoms with van der Waals surface area (Å²) in [5, 5.41) is 13.3. The van der Waals surface area contributed by atoms with Crippen molar-refractivity contribution in [3.63, 3.8) is 0 Å². The van der Waals surface area contributed by atoms with Crippen molar-refractivity contribution in [3.05, 3.63) is 23.1 Å². The molecule has 1 rings (SSSR count). The number of halogens is 1. The molecule has 0 fully saturated rings. The van der Waals surface area contributed by atoms with Crippen LogP contribution in [-0.4, -0.2) is 17.8 Å². The van der Waals surface area contributed by atoms with Crippen LogP contribution in [0.25, 0.3) is 0 Å². The summed E-state index contributed by atoms with van der Waals surface area (Å²) >= 11 is 5.65. The predicted octanol–water partition coefficient (Wildman–Crippen LogP) is 2.82. The van der Waals surface area contributed by atoms with E-state index in [1.807, 2.05) is 6.07 Å². The van der Waals surface area contributed by atoms with Crippen molar-refractivity contribution in [2.24, 2.45) is 5.41 Å². The molecule has 92 valence electrons. The van der Waals surface area contributed by atoms with Gasteiger partial charge in [-0.15, -0.1) is 0 Å². The second-order valence-electron chi connectivity index (χ2n) is 5.26. The van der Waals surface area contributed by atoms with Crippen molar-refractivity contribution in [3.8, 4) is 0 Å². The number of aliphatic hydroxyl groups is 1. The number of aliphatic hydroxyl groups excluding tert-OH is 1. The summed E-state index contributed by atoms with van der Waals surface area (Å²) in [7, 11) is 0. The average Bonchev–Trinajstić information content (AvgIpc) is 2.48. The summed E-state index contributed by atoms with van der Waals surface area (Å²) in [5.74, 6) is 0.785. The van der Waals surface area contributed by atoms with Gasteiger partial charge in [-0.2, -0.15) is 0 Å². The quantitative estimate of drug-likeness (QED) is 0.839. The van der Waals surface area contributed by atoms with Crippen LogP contribution in [0, 0.1) is 5.41 Å². The lowest BCUT2D eigenvalue weighted by molar-refractivity contribution is 0.119. The molecule has 0 bridgehead atoms. The third-order valence-corrected chi connectivity index (χ3v) is 2.36. The first-order chi connectivity index (χ1) is 7.37. The van der Waals surface area contributed by atoms with E-state index in [1.165, 1.54) is 0 Å². The van der Waals surface area contributed by atoms with Gasteiger partial charge in [-0.25, -0.2) is 0 Å². The van der Waals surface area contributed by atoms with Crippen LogP contribution in [0.15, 0.2) is 16.5 Å². The highest BCUT2D eigenvalue weighted by molar-refractivity contribution is 6.28. The zero-order chi connectivity index (χ0) is 12.2. The van der Waals surface area contributed by atoms with Gasteiger partial charge in [0.25, 0.3) is 0 Å². The van der Waals surface area contributed by atoms with Gasteiger partial charge in [0.05, 0.1) is 12.6 Å². The molecular formula is C12H20ClNO2. The minimum Gasteiger partial charge on any atom is -0.448 e. The maximum Gasteiger partial charge on any atom is 0.193 e. The maximum absolute atomic E-state index is 9.75. The molecule has 4 heteroatoms. The minimum absolute atomic E-state index is 0.148. The summed E-state index contributed by atoms with van der Waals surface area (Å²) < 4.78 is 5.19. The molecule has 1 heterocycles. The summed E-state index contributed by atoms with van der Waals surface area (Å²) in [6.45, 7) is 7.50. The number of hydrogen-bond acceptors (Lipinski definition) is 3. The molecule has 0 aliphatic heterocycles. The highest BCUT2D eigenvalue weighted by Crippen LogP contribution is 2.20. The van der Waals surface area contributed by atoms with Gasteiger partial charge in [-0.1, -0.05) is 20.8 Å². The molecule has 1 atom stereocenters. The molecule has 0 aromatic carbocycles. The summed E-state index contributed by atoms with van der Waals surface area (Å²) in [5.41, 5.74) is 0.148. The van der Waals surface area contributed by atoms with Gasteiger partial charge in [0.2, 0.25) is 0 Å². The molecule has 2 N–H and O–H groups in total. The molecule has 1 aromatic rings. The number of hydrogen-bond donors (Lipinski definition) is 2. The van der Waals surface area contributed by atoms with Gasteiger partial charge in [-0.05, 0) is 35.6 Å². The first-order valence-corrected chi connectivity index (χ1v) is 5.87. The van der Waals surface area contributed by atoms with E-state index in [1.54, 1.807) is 6.07 Å². The Balaban J connectivity index is 2.20. The molecule has 0 aliphatic carbocycles. The van der Waals surface area contributed by atoms with Gasteiger partial charge >= 0.3 is 0 Å². The molecule has 0 spiro atoms. The lowest BCUT2D eigenvalue weighted by atomic mass is 9.89. The van der Waals surface area contributed by atoms with E-state index in [-0.39, 0.29) is 11.5 Å². The number of rotatable bonds is 5. The van der Waals surface area contributed by atoms with Crippen LogP contribution in [-0.2, 0) is 6.54 Å². The van der Waals surface area contributed by atoms with Gasteiger partial charge in [0, 0.05) is 6.54 Å². The molecule has 16 heavy (non-hydrogen) atoms. The van der Waals surface area contributed by atoms with Crippen LogP contribution in [0.5, 0.6) is 0 Å². The first kappa shape index (κ1) is 13.6. The average molecular weight is 246 g/mol. The summed E-state index contributed by atoms with van der Waals surface area (Å²) in [6, 6.07) is 3.54. The summed E-state index contributed by atoms with van der Waals surface area (Å²) in [6.07, 6.45) is 0.448. The first-order valence-electron chi connectivity index (χ1n) is 5.50. The molecule has 0 radical (unpaired) electrons. The summed E-state index contributed by atoms with van der Waals surface area (Å²) in [4.78, 5) is 0. The standard InChI is InChI=1S/C12H20ClNO2/c1-12(2,3)6-9(15)7-14-8-10-4-5-11(13)16-10/h4-5,9,14-15H,6-8H2,1-3H3. The molecule has 0 saturated carbocycles.